The maximum Gasteiger partial charge on any atom is 0.245 e. The molecule has 0 N–H and O–H groups in total. The lowest BCUT2D eigenvalue weighted by molar-refractivity contribution is -0.701. The summed E-state index contributed by atoms with van der Waals surface area (Å²) >= 11 is 0. The van der Waals surface area contributed by atoms with Crippen LogP contribution in [0.3, 0.4) is 0 Å². The number of ether oxygens (including phenoxy) is 2. The highest BCUT2D eigenvalue weighted by molar-refractivity contribution is 6.28. The van der Waals surface area contributed by atoms with Crippen molar-refractivity contribution in [1.82, 2.24) is 0 Å². The highest BCUT2D eigenvalue weighted by Crippen LogP contribution is 2.28. The maximum absolute atomic E-state index is 12.9. The average molecular weight is 452 g/mol. The SMILES string of the molecule is O=C1c2ccccc2C(=O)c2cc(C[n+]3ccccc3C3OCCO3)ccc21.[Br-]. The summed E-state index contributed by atoms with van der Waals surface area (Å²) in [5.74, 6) is -0.203. The van der Waals surface area contributed by atoms with Crippen LogP contribution in [-0.2, 0) is 16.0 Å². The minimum atomic E-state index is -0.381. The van der Waals surface area contributed by atoms with Crippen molar-refractivity contribution >= 4 is 11.6 Å². The van der Waals surface area contributed by atoms with Gasteiger partial charge in [0.15, 0.2) is 24.3 Å². The minimum Gasteiger partial charge on any atom is -1.00 e. The number of benzene rings is 2. The summed E-state index contributed by atoms with van der Waals surface area (Å²) < 4.78 is 13.3. The summed E-state index contributed by atoms with van der Waals surface area (Å²) in [6, 6.07) is 18.3. The van der Waals surface area contributed by atoms with Crippen molar-refractivity contribution in [1.29, 1.82) is 0 Å². The number of hydrogen-bond acceptors (Lipinski definition) is 4. The minimum absolute atomic E-state index is 0. The molecular formula is C23H18BrNO4. The third-order valence-electron chi connectivity index (χ3n) is 5.18. The van der Waals surface area contributed by atoms with Crippen molar-refractivity contribution in [2.75, 3.05) is 13.2 Å². The lowest BCUT2D eigenvalue weighted by atomic mass is 9.83. The quantitative estimate of drug-likeness (QED) is 0.406. The molecule has 1 aliphatic carbocycles. The van der Waals surface area contributed by atoms with Crippen molar-refractivity contribution in [3.8, 4) is 0 Å². The third-order valence-corrected chi connectivity index (χ3v) is 5.18. The molecular weight excluding hydrogens is 434 g/mol. The molecule has 0 radical (unpaired) electrons. The monoisotopic (exact) mass is 451 g/mol. The Labute approximate surface area is 178 Å². The molecule has 1 fully saturated rings. The molecule has 1 aromatic heterocycles. The fourth-order valence-electron chi connectivity index (χ4n) is 3.82. The predicted octanol–water partition coefficient (Wildman–Crippen LogP) is -0.153. The molecule has 2 aromatic carbocycles. The van der Waals surface area contributed by atoms with E-state index in [0.29, 0.717) is 42.0 Å². The molecule has 3 aromatic rings. The van der Waals surface area contributed by atoms with E-state index in [2.05, 4.69) is 0 Å². The number of aromatic nitrogens is 1. The van der Waals surface area contributed by atoms with Crippen LogP contribution in [0.1, 0.15) is 49.4 Å². The number of pyridine rings is 1. The van der Waals surface area contributed by atoms with Gasteiger partial charge >= 0.3 is 0 Å². The van der Waals surface area contributed by atoms with Crippen molar-refractivity contribution in [3.63, 3.8) is 0 Å². The zero-order valence-electron chi connectivity index (χ0n) is 15.5. The Morgan fingerprint density at radius 3 is 2.14 bits per heavy atom. The largest absolute Gasteiger partial charge is 1.00 e. The van der Waals surface area contributed by atoms with E-state index in [0.717, 1.165) is 11.3 Å². The Morgan fingerprint density at radius 1 is 0.793 bits per heavy atom. The second kappa shape index (κ2) is 7.99. The van der Waals surface area contributed by atoms with Crippen LogP contribution in [0.5, 0.6) is 0 Å². The molecule has 29 heavy (non-hydrogen) atoms. The summed E-state index contributed by atoms with van der Waals surface area (Å²) in [6.45, 7) is 1.71. The zero-order chi connectivity index (χ0) is 19.1. The number of ketones is 2. The molecule has 0 saturated carbocycles. The fourth-order valence-corrected chi connectivity index (χ4v) is 3.82. The molecule has 2 aliphatic rings. The molecule has 0 spiro atoms. The number of halogens is 1. The summed E-state index contributed by atoms with van der Waals surface area (Å²) in [7, 11) is 0. The molecule has 6 heteroatoms. The van der Waals surface area contributed by atoms with Gasteiger partial charge in [-0.3, -0.25) is 9.59 Å². The fraction of sp³-hybridized carbons (Fsp3) is 0.174. The number of hydrogen-bond donors (Lipinski definition) is 0. The second-order valence-electron chi connectivity index (χ2n) is 6.91. The van der Waals surface area contributed by atoms with Gasteiger partial charge in [0.05, 0.1) is 13.2 Å². The van der Waals surface area contributed by atoms with Gasteiger partial charge in [0.1, 0.15) is 0 Å². The highest BCUT2D eigenvalue weighted by Gasteiger charge is 2.30. The number of fused-ring (bicyclic) bond motifs is 2. The van der Waals surface area contributed by atoms with Crippen LogP contribution in [0, 0.1) is 0 Å². The normalized spacial score (nSPS) is 15.6. The van der Waals surface area contributed by atoms with Gasteiger partial charge in [-0.2, -0.15) is 4.57 Å². The smallest absolute Gasteiger partial charge is 0.245 e. The lowest BCUT2D eigenvalue weighted by Crippen LogP contribution is -3.00. The van der Waals surface area contributed by atoms with Crippen LogP contribution in [-0.4, -0.2) is 24.8 Å². The van der Waals surface area contributed by atoms with E-state index >= 15 is 0 Å². The van der Waals surface area contributed by atoms with Gasteiger partial charge in [-0.15, -0.1) is 0 Å². The van der Waals surface area contributed by atoms with E-state index in [4.69, 9.17) is 9.47 Å². The van der Waals surface area contributed by atoms with Gasteiger partial charge < -0.3 is 26.5 Å². The Kier molecular flexibility index (Phi) is 5.41. The van der Waals surface area contributed by atoms with Gasteiger partial charge in [0, 0.05) is 39.9 Å². The first-order chi connectivity index (χ1) is 13.7. The van der Waals surface area contributed by atoms with E-state index < -0.39 is 0 Å². The van der Waals surface area contributed by atoms with E-state index in [1.165, 1.54) is 0 Å². The Bertz CT molecular complexity index is 1110. The third kappa shape index (κ3) is 3.44. The van der Waals surface area contributed by atoms with Gasteiger partial charge in [0.2, 0.25) is 12.0 Å². The van der Waals surface area contributed by atoms with Crippen LogP contribution < -0.4 is 21.5 Å². The molecule has 1 aliphatic heterocycles. The summed E-state index contributed by atoms with van der Waals surface area (Å²) in [5.41, 5.74) is 3.74. The second-order valence-corrected chi connectivity index (χ2v) is 6.91. The first-order valence-electron chi connectivity index (χ1n) is 9.25. The van der Waals surface area contributed by atoms with Gasteiger partial charge in [-0.1, -0.05) is 30.3 Å². The molecule has 5 nitrogen and oxygen atoms in total. The molecule has 0 atom stereocenters. The Morgan fingerprint density at radius 2 is 1.41 bits per heavy atom. The van der Waals surface area contributed by atoms with Crippen LogP contribution >= 0.6 is 0 Å². The van der Waals surface area contributed by atoms with E-state index in [9.17, 15) is 9.59 Å². The summed E-state index contributed by atoms with van der Waals surface area (Å²) in [5, 5.41) is 0. The number of rotatable bonds is 3. The van der Waals surface area contributed by atoms with E-state index in [1.54, 1.807) is 30.3 Å². The van der Waals surface area contributed by atoms with Crippen LogP contribution in [0.15, 0.2) is 66.9 Å². The first-order valence-corrected chi connectivity index (χ1v) is 9.25. The van der Waals surface area contributed by atoms with Crippen molar-refractivity contribution in [2.45, 2.75) is 12.8 Å². The lowest BCUT2D eigenvalue weighted by Gasteiger charge is -2.17. The van der Waals surface area contributed by atoms with E-state index in [-0.39, 0.29) is 34.8 Å². The number of carbonyl (C=O) groups is 2. The van der Waals surface area contributed by atoms with Crippen LogP contribution in [0.25, 0.3) is 0 Å². The highest BCUT2D eigenvalue weighted by atomic mass is 79.9. The first kappa shape index (κ1) is 19.6. The van der Waals surface area contributed by atoms with E-state index in [1.807, 2.05) is 41.1 Å². The molecule has 5 rings (SSSR count). The topological polar surface area (TPSA) is 56.5 Å². The predicted molar refractivity (Wildman–Crippen MR) is 100 cm³/mol. The maximum atomic E-state index is 12.9. The molecule has 1 saturated heterocycles. The van der Waals surface area contributed by atoms with Crippen molar-refractivity contribution in [3.05, 3.63) is 100 Å². The van der Waals surface area contributed by atoms with Gasteiger partial charge in [-0.25, -0.2) is 0 Å². The van der Waals surface area contributed by atoms with Crippen LogP contribution in [0.2, 0.25) is 0 Å². The Balaban J connectivity index is 0.00000205. The Hall–Kier alpha value is -2.67. The van der Waals surface area contributed by atoms with Crippen LogP contribution in [0.4, 0.5) is 0 Å². The molecule has 2 heterocycles. The van der Waals surface area contributed by atoms with Crippen molar-refractivity contribution < 1.29 is 40.6 Å². The number of carbonyl (C=O) groups excluding carboxylic acids is 2. The average Bonchev–Trinajstić information content (AvgIpc) is 3.27. The van der Waals surface area contributed by atoms with Gasteiger partial charge in [0.25, 0.3) is 0 Å². The molecule has 0 unspecified atom stereocenters. The summed E-state index contributed by atoms with van der Waals surface area (Å²) in [6.07, 6.45) is 1.58. The zero-order valence-corrected chi connectivity index (χ0v) is 17.1. The molecule has 0 bridgehead atoms. The molecule has 0 amide bonds. The summed E-state index contributed by atoms with van der Waals surface area (Å²) in [4.78, 5) is 25.7. The van der Waals surface area contributed by atoms with Gasteiger partial charge in [-0.05, 0) is 18.2 Å². The van der Waals surface area contributed by atoms with Crippen molar-refractivity contribution in [2.24, 2.45) is 0 Å². The number of nitrogens with zero attached hydrogens (tertiary/aromatic N) is 1. The standard InChI is InChI=1S/C23H18NO4.BrH/c25-21-16-5-1-2-6-17(16)22(26)19-13-15(8-9-18(19)21)14-24-10-4-3-7-20(24)23-27-11-12-28-23;/h1-10,13,23H,11-12,14H2;1H/q+1;/p-1. The molecule has 146 valence electrons.